The van der Waals surface area contributed by atoms with Crippen LogP contribution in [0.2, 0.25) is 0 Å². The molecule has 1 rings (SSSR count). The van der Waals surface area contributed by atoms with Gasteiger partial charge in [-0.25, -0.2) is 4.79 Å². The normalized spacial score (nSPS) is 20.4. The van der Waals surface area contributed by atoms with E-state index in [9.17, 15) is 9.59 Å². The van der Waals surface area contributed by atoms with Crippen molar-refractivity contribution in [1.29, 1.82) is 0 Å². The molecule has 2 amide bonds. The summed E-state index contributed by atoms with van der Waals surface area (Å²) in [6.45, 7) is 4.45. The van der Waals surface area contributed by atoms with Gasteiger partial charge in [-0.1, -0.05) is 0 Å². The van der Waals surface area contributed by atoms with Gasteiger partial charge in [0.05, 0.1) is 6.61 Å². The number of carboxylic acids is 1. The molecule has 110 valence electrons. The summed E-state index contributed by atoms with van der Waals surface area (Å²) in [6, 6.07) is 0.0613. The fourth-order valence-corrected chi connectivity index (χ4v) is 2.03. The summed E-state index contributed by atoms with van der Waals surface area (Å²) in [6.07, 6.45) is 0. The molecule has 0 spiro atoms. The van der Waals surface area contributed by atoms with Crippen molar-refractivity contribution in [3.63, 3.8) is 0 Å². The number of carbonyl (C=O) groups is 2. The predicted octanol–water partition coefficient (Wildman–Crippen LogP) is -0.225. The van der Waals surface area contributed by atoms with Crippen molar-refractivity contribution < 1.29 is 19.4 Å². The molecule has 1 N–H and O–H groups in total. The predicted molar refractivity (Wildman–Crippen MR) is 70.1 cm³/mol. The van der Waals surface area contributed by atoms with Crippen LogP contribution in [0.15, 0.2) is 0 Å². The highest BCUT2D eigenvalue weighted by Gasteiger charge is 2.28. The zero-order valence-corrected chi connectivity index (χ0v) is 11.8. The number of hydrogen-bond acceptors (Lipinski definition) is 4. The first-order valence-corrected chi connectivity index (χ1v) is 6.40. The van der Waals surface area contributed by atoms with E-state index in [-0.39, 0.29) is 18.6 Å². The molecule has 0 radical (unpaired) electrons. The van der Waals surface area contributed by atoms with Gasteiger partial charge in [0.1, 0.15) is 6.54 Å². The van der Waals surface area contributed by atoms with Gasteiger partial charge in [0, 0.05) is 39.3 Å². The minimum absolute atomic E-state index is 0.223. The molecule has 19 heavy (non-hydrogen) atoms. The average Bonchev–Trinajstić information content (AvgIpc) is 2.36. The Kier molecular flexibility index (Phi) is 6.04. The first-order chi connectivity index (χ1) is 8.95. The Balaban J connectivity index is 2.61. The topological polar surface area (TPSA) is 73.3 Å². The molecule has 1 unspecified atom stereocenters. The summed E-state index contributed by atoms with van der Waals surface area (Å²) in [5, 5.41) is 8.86. The van der Waals surface area contributed by atoms with Crippen LogP contribution in [0.25, 0.3) is 0 Å². The number of urea groups is 1. The summed E-state index contributed by atoms with van der Waals surface area (Å²) < 4.78 is 4.92. The highest BCUT2D eigenvalue weighted by Crippen LogP contribution is 2.09. The van der Waals surface area contributed by atoms with Crippen molar-refractivity contribution in [3.8, 4) is 0 Å². The molecule has 0 saturated carbocycles. The Morgan fingerprint density at radius 2 is 2.11 bits per heavy atom. The lowest BCUT2D eigenvalue weighted by Gasteiger charge is -2.39. The number of aliphatic carboxylic acids is 1. The second-order valence-electron chi connectivity index (χ2n) is 4.87. The van der Waals surface area contributed by atoms with Crippen LogP contribution in [-0.2, 0) is 9.53 Å². The summed E-state index contributed by atoms with van der Waals surface area (Å²) in [5.74, 6) is -1.01. The van der Waals surface area contributed by atoms with Gasteiger partial charge in [-0.15, -0.1) is 0 Å². The Labute approximate surface area is 113 Å². The van der Waals surface area contributed by atoms with Crippen LogP contribution in [0.5, 0.6) is 0 Å². The van der Waals surface area contributed by atoms with Gasteiger partial charge in [-0.05, 0) is 14.0 Å². The van der Waals surface area contributed by atoms with E-state index in [1.54, 1.807) is 4.90 Å². The van der Waals surface area contributed by atoms with E-state index in [1.807, 2.05) is 7.05 Å². The van der Waals surface area contributed by atoms with E-state index in [1.165, 1.54) is 12.0 Å². The lowest BCUT2D eigenvalue weighted by molar-refractivity contribution is -0.137. The van der Waals surface area contributed by atoms with E-state index in [0.29, 0.717) is 26.2 Å². The molecule has 0 aliphatic carbocycles. The van der Waals surface area contributed by atoms with Gasteiger partial charge in [-0.2, -0.15) is 0 Å². The minimum Gasteiger partial charge on any atom is -0.480 e. The molecule has 1 saturated heterocycles. The Morgan fingerprint density at radius 3 is 2.63 bits per heavy atom. The number of piperazine rings is 1. The quantitative estimate of drug-likeness (QED) is 0.749. The maximum atomic E-state index is 12.3. The smallest absolute Gasteiger partial charge is 0.323 e. The maximum absolute atomic E-state index is 12.3. The zero-order chi connectivity index (χ0) is 14.4. The molecule has 1 atom stereocenters. The molecular formula is C12H23N3O4. The van der Waals surface area contributed by atoms with Crippen LogP contribution in [0, 0.1) is 0 Å². The number of methoxy groups -OCH3 is 1. The van der Waals surface area contributed by atoms with Crippen molar-refractivity contribution in [2.45, 2.75) is 13.0 Å². The second-order valence-corrected chi connectivity index (χ2v) is 4.87. The van der Waals surface area contributed by atoms with Crippen LogP contribution in [-0.4, -0.2) is 91.3 Å². The summed E-state index contributed by atoms with van der Waals surface area (Å²) in [7, 11) is 3.55. The molecule has 7 nitrogen and oxygen atoms in total. The third-order valence-electron chi connectivity index (χ3n) is 3.39. The number of nitrogens with zero attached hydrogens (tertiary/aromatic N) is 3. The van der Waals surface area contributed by atoms with Gasteiger partial charge < -0.3 is 24.5 Å². The number of hydrogen-bond donors (Lipinski definition) is 1. The number of carboxylic acid groups (broad SMARTS) is 1. The molecule has 7 heteroatoms. The maximum Gasteiger partial charge on any atom is 0.323 e. The summed E-state index contributed by atoms with van der Waals surface area (Å²) >= 11 is 0. The van der Waals surface area contributed by atoms with Crippen molar-refractivity contribution in [2.75, 3.05) is 53.5 Å². The van der Waals surface area contributed by atoms with E-state index < -0.39 is 5.97 Å². The van der Waals surface area contributed by atoms with Gasteiger partial charge in [-0.3, -0.25) is 4.79 Å². The largest absolute Gasteiger partial charge is 0.480 e. The van der Waals surface area contributed by atoms with Crippen molar-refractivity contribution >= 4 is 12.0 Å². The summed E-state index contributed by atoms with van der Waals surface area (Å²) in [4.78, 5) is 28.3. The lowest BCUT2D eigenvalue weighted by atomic mass is 10.2. The van der Waals surface area contributed by atoms with Gasteiger partial charge >= 0.3 is 12.0 Å². The Bertz CT molecular complexity index is 324. The number of likely N-dealkylation sites (N-methyl/N-ethyl adjacent to an activating group) is 1. The SMILES string of the molecule is COCCN(CC(=O)O)C(=O)N1CCN(C)C(C)C1. The lowest BCUT2D eigenvalue weighted by Crippen LogP contribution is -2.56. The highest BCUT2D eigenvalue weighted by atomic mass is 16.5. The Morgan fingerprint density at radius 1 is 1.42 bits per heavy atom. The van der Waals surface area contributed by atoms with Crippen molar-refractivity contribution in [3.05, 3.63) is 0 Å². The number of ether oxygens (including phenoxy) is 1. The van der Waals surface area contributed by atoms with Crippen molar-refractivity contribution in [1.82, 2.24) is 14.7 Å². The van der Waals surface area contributed by atoms with E-state index in [4.69, 9.17) is 9.84 Å². The third kappa shape index (κ3) is 4.68. The first-order valence-electron chi connectivity index (χ1n) is 6.40. The third-order valence-corrected chi connectivity index (χ3v) is 3.39. The Hall–Kier alpha value is -1.34. The standard InChI is InChI=1S/C12H23N3O4/c1-10-8-14(5-4-13(10)2)12(18)15(6-7-19-3)9-11(16)17/h10H,4-9H2,1-3H3,(H,16,17). The van der Waals surface area contributed by atoms with Crippen LogP contribution in [0.1, 0.15) is 6.92 Å². The fraction of sp³-hybridized carbons (Fsp3) is 0.833. The van der Waals surface area contributed by atoms with E-state index in [2.05, 4.69) is 11.8 Å². The molecule has 1 fully saturated rings. The molecule has 0 aromatic carbocycles. The van der Waals surface area contributed by atoms with Gasteiger partial charge in [0.15, 0.2) is 0 Å². The van der Waals surface area contributed by atoms with Crippen LogP contribution in [0.3, 0.4) is 0 Å². The molecule has 1 heterocycles. The highest BCUT2D eigenvalue weighted by molar-refractivity contribution is 5.80. The average molecular weight is 273 g/mol. The zero-order valence-electron chi connectivity index (χ0n) is 11.8. The number of amides is 2. The van der Waals surface area contributed by atoms with E-state index in [0.717, 1.165) is 6.54 Å². The molecule has 0 aromatic rings. The number of rotatable bonds is 5. The van der Waals surface area contributed by atoms with Gasteiger partial charge in [0.2, 0.25) is 0 Å². The molecular weight excluding hydrogens is 250 g/mol. The van der Waals surface area contributed by atoms with Crippen LogP contribution < -0.4 is 0 Å². The molecule has 0 aromatic heterocycles. The second kappa shape index (κ2) is 7.30. The first kappa shape index (κ1) is 15.7. The molecule has 1 aliphatic heterocycles. The van der Waals surface area contributed by atoms with Crippen LogP contribution >= 0.6 is 0 Å². The molecule has 0 bridgehead atoms. The van der Waals surface area contributed by atoms with E-state index >= 15 is 0 Å². The fourth-order valence-electron chi connectivity index (χ4n) is 2.03. The van der Waals surface area contributed by atoms with Crippen molar-refractivity contribution in [2.24, 2.45) is 0 Å². The minimum atomic E-state index is -1.01. The monoisotopic (exact) mass is 273 g/mol. The number of carbonyl (C=O) groups excluding carboxylic acids is 1. The molecule has 1 aliphatic rings. The van der Waals surface area contributed by atoms with Gasteiger partial charge in [0.25, 0.3) is 0 Å². The summed E-state index contributed by atoms with van der Waals surface area (Å²) in [5.41, 5.74) is 0. The van der Waals surface area contributed by atoms with Crippen LogP contribution in [0.4, 0.5) is 4.79 Å².